The summed E-state index contributed by atoms with van der Waals surface area (Å²) in [6, 6.07) is 6.94. The van der Waals surface area contributed by atoms with E-state index < -0.39 is 10.8 Å². The second kappa shape index (κ2) is 8.50. The first-order valence-corrected chi connectivity index (χ1v) is 7.81. The zero-order valence-electron chi connectivity index (χ0n) is 13.7. The number of carbonyl (C=O) groups excluding carboxylic acids is 1. The Labute approximate surface area is 158 Å². The number of hydrazone groups is 1. The molecule has 2 aromatic rings. The second-order valence-electron chi connectivity index (χ2n) is 4.85. The van der Waals surface area contributed by atoms with Crippen LogP contribution >= 0.6 is 23.2 Å². The van der Waals surface area contributed by atoms with Gasteiger partial charge < -0.3 is 9.47 Å². The molecule has 0 atom stereocenters. The van der Waals surface area contributed by atoms with E-state index in [-0.39, 0.29) is 33.3 Å². The first kappa shape index (κ1) is 19.5. The third-order valence-electron chi connectivity index (χ3n) is 3.28. The predicted molar refractivity (Wildman–Crippen MR) is 97.7 cm³/mol. The standard InChI is InChI=1S/C16H13Cl2N3O5/c1-25-14-5-9(13(21(23)24)7-15(14)26-2)8-19-20-16(22)11-4-3-10(17)6-12(11)18/h3-8H,1-2H3,(H,20,22). The van der Waals surface area contributed by atoms with Gasteiger partial charge in [0.05, 0.1) is 47.6 Å². The number of nitro benzene ring substituents is 1. The minimum absolute atomic E-state index is 0.121. The van der Waals surface area contributed by atoms with Crippen molar-refractivity contribution in [2.45, 2.75) is 0 Å². The van der Waals surface area contributed by atoms with Gasteiger partial charge in [0.2, 0.25) is 0 Å². The van der Waals surface area contributed by atoms with E-state index in [0.29, 0.717) is 5.02 Å². The molecule has 2 rings (SSSR count). The summed E-state index contributed by atoms with van der Waals surface area (Å²) in [5.74, 6) is -0.106. The number of rotatable bonds is 6. The summed E-state index contributed by atoms with van der Waals surface area (Å²) in [6.07, 6.45) is 1.13. The first-order valence-electron chi connectivity index (χ1n) is 7.06. The molecule has 1 amide bonds. The van der Waals surface area contributed by atoms with E-state index in [1.807, 2.05) is 0 Å². The topological polar surface area (TPSA) is 103 Å². The molecule has 10 heteroatoms. The van der Waals surface area contributed by atoms with Crippen molar-refractivity contribution in [2.24, 2.45) is 5.10 Å². The van der Waals surface area contributed by atoms with Crippen molar-refractivity contribution < 1.29 is 19.2 Å². The molecule has 0 spiro atoms. The van der Waals surface area contributed by atoms with Crippen molar-refractivity contribution in [1.29, 1.82) is 0 Å². The summed E-state index contributed by atoms with van der Waals surface area (Å²) in [5, 5.41) is 15.5. The SMILES string of the molecule is COc1cc(C=NNC(=O)c2ccc(Cl)cc2Cl)c([N+](=O)[O-])cc1OC. The van der Waals surface area contributed by atoms with Crippen molar-refractivity contribution in [3.05, 3.63) is 61.6 Å². The number of benzene rings is 2. The van der Waals surface area contributed by atoms with Crippen LogP contribution in [0.15, 0.2) is 35.4 Å². The van der Waals surface area contributed by atoms with Crippen LogP contribution in [0.5, 0.6) is 11.5 Å². The summed E-state index contributed by atoms with van der Waals surface area (Å²) in [7, 11) is 2.76. The van der Waals surface area contributed by atoms with E-state index in [1.54, 1.807) is 0 Å². The van der Waals surface area contributed by atoms with E-state index in [4.69, 9.17) is 32.7 Å². The number of methoxy groups -OCH3 is 2. The Bertz CT molecular complexity index is 886. The maximum absolute atomic E-state index is 12.1. The molecule has 0 saturated heterocycles. The maximum Gasteiger partial charge on any atom is 0.282 e. The molecule has 0 fully saturated rings. The average Bonchev–Trinajstić information content (AvgIpc) is 2.60. The van der Waals surface area contributed by atoms with Crippen LogP contribution in [-0.2, 0) is 0 Å². The highest BCUT2D eigenvalue weighted by Crippen LogP contribution is 2.33. The van der Waals surface area contributed by atoms with Gasteiger partial charge in [-0.3, -0.25) is 14.9 Å². The summed E-state index contributed by atoms with van der Waals surface area (Å²) in [4.78, 5) is 22.7. The summed E-state index contributed by atoms with van der Waals surface area (Å²) in [5.41, 5.74) is 2.27. The van der Waals surface area contributed by atoms with Crippen LogP contribution in [0.1, 0.15) is 15.9 Å². The second-order valence-corrected chi connectivity index (χ2v) is 5.69. The minimum atomic E-state index is -0.596. The van der Waals surface area contributed by atoms with Crippen molar-refractivity contribution in [2.75, 3.05) is 14.2 Å². The van der Waals surface area contributed by atoms with E-state index in [0.717, 1.165) is 6.21 Å². The molecule has 0 bridgehead atoms. The molecule has 0 saturated carbocycles. The highest BCUT2D eigenvalue weighted by Gasteiger charge is 2.18. The van der Waals surface area contributed by atoms with Gasteiger partial charge in [0, 0.05) is 5.02 Å². The van der Waals surface area contributed by atoms with Gasteiger partial charge in [-0.05, 0) is 24.3 Å². The quantitative estimate of drug-likeness (QED) is 0.454. The molecule has 0 aliphatic heterocycles. The molecule has 2 aromatic carbocycles. The largest absolute Gasteiger partial charge is 0.493 e. The first-order chi connectivity index (χ1) is 12.4. The Morgan fingerprint density at radius 1 is 1.19 bits per heavy atom. The number of halogens is 2. The minimum Gasteiger partial charge on any atom is -0.493 e. The van der Waals surface area contributed by atoms with Gasteiger partial charge in [-0.1, -0.05) is 23.2 Å². The number of ether oxygens (including phenoxy) is 2. The molecule has 0 heterocycles. The molecule has 0 unspecified atom stereocenters. The Hall–Kier alpha value is -2.84. The van der Waals surface area contributed by atoms with Crippen LogP contribution in [0.3, 0.4) is 0 Å². The normalized spacial score (nSPS) is 10.6. The zero-order valence-corrected chi connectivity index (χ0v) is 15.2. The average molecular weight is 398 g/mol. The number of nitrogens with one attached hydrogen (secondary N) is 1. The van der Waals surface area contributed by atoms with Crippen molar-refractivity contribution in [3.63, 3.8) is 0 Å². The van der Waals surface area contributed by atoms with Gasteiger partial charge >= 0.3 is 0 Å². The third kappa shape index (κ3) is 4.41. The fourth-order valence-electron chi connectivity index (χ4n) is 2.04. The van der Waals surface area contributed by atoms with Crippen LogP contribution < -0.4 is 14.9 Å². The summed E-state index contributed by atoms with van der Waals surface area (Å²) < 4.78 is 10.1. The van der Waals surface area contributed by atoms with Gasteiger partial charge in [-0.15, -0.1) is 0 Å². The van der Waals surface area contributed by atoms with Crippen LogP contribution in [0.4, 0.5) is 5.69 Å². The molecule has 0 aromatic heterocycles. The third-order valence-corrected chi connectivity index (χ3v) is 3.82. The summed E-state index contributed by atoms with van der Waals surface area (Å²) >= 11 is 11.7. The molecule has 26 heavy (non-hydrogen) atoms. The van der Waals surface area contributed by atoms with Gasteiger partial charge in [0.15, 0.2) is 11.5 Å². The van der Waals surface area contributed by atoms with Gasteiger partial charge in [-0.25, -0.2) is 5.43 Å². The lowest BCUT2D eigenvalue weighted by Gasteiger charge is -2.08. The Morgan fingerprint density at radius 3 is 2.42 bits per heavy atom. The van der Waals surface area contributed by atoms with Crippen molar-refractivity contribution >= 4 is 41.0 Å². The van der Waals surface area contributed by atoms with E-state index >= 15 is 0 Å². The van der Waals surface area contributed by atoms with Crippen LogP contribution in [0.25, 0.3) is 0 Å². The van der Waals surface area contributed by atoms with Crippen LogP contribution in [-0.4, -0.2) is 31.3 Å². The highest BCUT2D eigenvalue weighted by atomic mass is 35.5. The van der Waals surface area contributed by atoms with Crippen molar-refractivity contribution in [1.82, 2.24) is 5.43 Å². The number of amides is 1. The predicted octanol–water partition coefficient (Wildman–Crippen LogP) is 3.68. The summed E-state index contributed by atoms with van der Waals surface area (Å²) in [6.45, 7) is 0. The van der Waals surface area contributed by atoms with Crippen LogP contribution in [0.2, 0.25) is 10.0 Å². The zero-order chi connectivity index (χ0) is 19.3. The van der Waals surface area contributed by atoms with Gasteiger partial charge in [0.25, 0.3) is 11.6 Å². The smallest absolute Gasteiger partial charge is 0.282 e. The molecular formula is C16H13Cl2N3O5. The van der Waals surface area contributed by atoms with Gasteiger partial charge in [0.1, 0.15) is 0 Å². The molecule has 0 aliphatic rings. The lowest BCUT2D eigenvalue weighted by atomic mass is 10.1. The molecule has 136 valence electrons. The monoisotopic (exact) mass is 397 g/mol. The van der Waals surface area contributed by atoms with Crippen molar-refractivity contribution in [3.8, 4) is 11.5 Å². The molecular weight excluding hydrogens is 385 g/mol. The number of hydrogen-bond donors (Lipinski definition) is 1. The number of nitro groups is 1. The van der Waals surface area contributed by atoms with E-state index in [1.165, 1.54) is 44.6 Å². The lowest BCUT2D eigenvalue weighted by molar-refractivity contribution is -0.385. The van der Waals surface area contributed by atoms with Crippen LogP contribution in [0, 0.1) is 10.1 Å². The fourth-order valence-corrected chi connectivity index (χ4v) is 2.53. The van der Waals surface area contributed by atoms with Gasteiger partial charge in [-0.2, -0.15) is 5.10 Å². The fraction of sp³-hybridized carbons (Fsp3) is 0.125. The molecule has 0 aliphatic carbocycles. The number of carbonyl (C=O) groups is 1. The molecule has 1 N–H and O–H groups in total. The molecule has 0 radical (unpaired) electrons. The number of hydrogen-bond acceptors (Lipinski definition) is 6. The van der Waals surface area contributed by atoms with E-state index in [9.17, 15) is 14.9 Å². The van der Waals surface area contributed by atoms with E-state index in [2.05, 4.69) is 10.5 Å². The highest BCUT2D eigenvalue weighted by molar-refractivity contribution is 6.36. The Morgan fingerprint density at radius 2 is 1.85 bits per heavy atom. The Balaban J connectivity index is 2.26. The lowest BCUT2D eigenvalue weighted by Crippen LogP contribution is -2.18. The maximum atomic E-state index is 12.1. The molecule has 8 nitrogen and oxygen atoms in total. The Kier molecular flexibility index (Phi) is 6.37. The number of nitrogens with zero attached hydrogens (tertiary/aromatic N) is 2.